The predicted molar refractivity (Wildman–Crippen MR) is 123 cm³/mol. The van der Waals surface area contributed by atoms with Gasteiger partial charge in [0.1, 0.15) is 22.2 Å². The number of hydrogen-bond acceptors (Lipinski definition) is 8. The van der Waals surface area contributed by atoms with Crippen molar-refractivity contribution in [2.75, 3.05) is 35.7 Å². The summed E-state index contributed by atoms with van der Waals surface area (Å²) in [6.45, 7) is 1.19. The maximum absolute atomic E-state index is 14.7. The number of aliphatic hydroxyl groups excluding tert-OH is 1. The highest BCUT2D eigenvalue weighted by Gasteiger charge is 2.50. The molecule has 2 saturated carbocycles. The monoisotopic (exact) mass is 510 g/mol. The summed E-state index contributed by atoms with van der Waals surface area (Å²) in [6.07, 6.45) is 7.40. The summed E-state index contributed by atoms with van der Waals surface area (Å²) in [7, 11) is -1.90. The van der Waals surface area contributed by atoms with E-state index in [1.54, 1.807) is 12.4 Å². The fourth-order valence-electron chi connectivity index (χ4n) is 5.82. The lowest BCUT2D eigenvalue weighted by atomic mass is 9.77. The van der Waals surface area contributed by atoms with Crippen molar-refractivity contribution in [3.8, 4) is 0 Å². The standard InChI is InChI=1S/C22H25ClF2N6O2S/c23-15-6-26-18(27-7-15)12-4-13-8-31(9-14(13)5-12)20-28-17-16(34(33)11-22(17,24)25)19(29-20)30-21(10-32)2-1-3-21/h6-7,12-14,32H,1-5,8-11H2,(H,28,29,30)/t12?,13?,14?,34-/m1/s1. The number of alkyl halides is 2. The van der Waals surface area contributed by atoms with Crippen LogP contribution >= 0.6 is 11.6 Å². The number of nitrogens with one attached hydrogen (secondary N) is 1. The number of fused-ring (bicyclic) bond motifs is 2. The van der Waals surface area contributed by atoms with E-state index in [2.05, 4.69) is 25.3 Å². The third-order valence-electron chi connectivity index (χ3n) is 7.78. The van der Waals surface area contributed by atoms with Gasteiger partial charge in [-0.3, -0.25) is 4.21 Å². The topological polar surface area (TPSA) is 104 Å². The molecule has 2 aromatic heterocycles. The normalized spacial score (nSPS) is 30.6. The Balaban J connectivity index is 1.27. The minimum atomic E-state index is -3.27. The molecule has 4 aliphatic rings. The zero-order chi connectivity index (χ0) is 23.7. The lowest BCUT2D eigenvalue weighted by molar-refractivity contribution is 0.0191. The van der Waals surface area contributed by atoms with E-state index in [4.69, 9.17) is 11.6 Å². The van der Waals surface area contributed by atoms with Crippen LogP contribution in [0.25, 0.3) is 0 Å². The molecule has 2 aliphatic carbocycles. The van der Waals surface area contributed by atoms with E-state index >= 15 is 0 Å². The molecule has 3 atom stereocenters. The molecular formula is C22H25ClF2N6O2S. The number of aromatic nitrogens is 4. The van der Waals surface area contributed by atoms with E-state index in [0.717, 1.165) is 25.1 Å². The summed E-state index contributed by atoms with van der Waals surface area (Å²) in [5.74, 6) is -1.87. The first kappa shape index (κ1) is 22.5. The Hall–Kier alpha value is -1.98. The second kappa shape index (κ2) is 8.03. The summed E-state index contributed by atoms with van der Waals surface area (Å²) in [6, 6.07) is 0. The Labute approximate surface area is 203 Å². The minimum Gasteiger partial charge on any atom is -0.394 e. The molecule has 182 valence electrons. The Morgan fingerprint density at radius 2 is 1.85 bits per heavy atom. The number of anilines is 2. The lowest BCUT2D eigenvalue weighted by Gasteiger charge is -2.41. The van der Waals surface area contributed by atoms with Crippen LogP contribution in [0.2, 0.25) is 5.02 Å². The zero-order valence-corrected chi connectivity index (χ0v) is 20.0. The Morgan fingerprint density at radius 1 is 1.18 bits per heavy atom. The van der Waals surface area contributed by atoms with Crippen LogP contribution in [0.15, 0.2) is 17.3 Å². The first-order valence-corrected chi connectivity index (χ1v) is 13.3. The summed E-state index contributed by atoms with van der Waals surface area (Å²) in [5, 5.41) is 13.6. The molecule has 0 bridgehead atoms. The lowest BCUT2D eigenvalue weighted by Crippen LogP contribution is -2.48. The van der Waals surface area contributed by atoms with E-state index in [1.807, 2.05) is 4.90 Å². The van der Waals surface area contributed by atoms with Crippen molar-refractivity contribution in [3.63, 3.8) is 0 Å². The van der Waals surface area contributed by atoms with Gasteiger partial charge < -0.3 is 15.3 Å². The predicted octanol–water partition coefficient (Wildman–Crippen LogP) is 3.09. The van der Waals surface area contributed by atoms with Gasteiger partial charge in [-0.15, -0.1) is 0 Å². The largest absolute Gasteiger partial charge is 0.394 e. The van der Waals surface area contributed by atoms with Crippen molar-refractivity contribution in [3.05, 3.63) is 28.9 Å². The molecule has 2 aliphatic heterocycles. The van der Waals surface area contributed by atoms with Crippen LogP contribution in [0.3, 0.4) is 0 Å². The van der Waals surface area contributed by atoms with Crippen LogP contribution in [-0.2, 0) is 16.7 Å². The molecule has 0 amide bonds. The molecule has 0 radical (unpaired) electrons. The van der Waals surface area contributed by atoms with Crippen LogP contribution in [-0.4, -0.2) is 60.2 Å². The third-order valence-corrected chi connectivity index (χ3v) is 9.44. The average Bonchev–Trinajstić information content (AvgIpc) is 3.41. The van der Waals surface area contributed by atoms with Gasteiger partial charge in [0, 0.05) is 31.4 Å². The number of aliphatic hydroxyl groups is 1. The molecule has 0 spiro atoms. The third kappa shape index (κ3) is 3.67. The van der Waals surface area contributed by atoms with Gasteiger partial charge in [-0.05, 0) is 43.9 Å². The average molecular weight is 511 g/mol. The second-order valence-electron chi connectivity index (χ2n) is 10.0. The Morgan fingerprint density at radius 3 is 2.44 bits per heavy atom. The summed E-state index contributed by atoms with van der Waals surface area (Å²) < 4.78 is 42.1. The Bertz CT molecular complexity index is 1130. The van der Waals surface area contributed by atoms with Crippen molar-refractivity contribution >= 4 is 34.2 Å². The molecule has 12 heteroatoms. The van der Waals surface area contributed by atoms with Crippen molar-refractivity contribution in [1.82, 2.24) is 19.9 Å². The molecule has 3 fully saturated rings. The number of halogens is 3. The van der Waals surface area contributed by atoms with Crippen LogP contribution < -0.4 is 10.2 Å². The van der Waals surface area contributed by atoms with Crippen molar-refractivity contribution < 1.29 is 18.1 Å². The van der Waals surface area contributed by atoms with Crippen molar-refractivity contribution in [2.24, 2.45) is 11.8 Å². The van der Waals surface area contributed by atoms with Crippen LogP contribution in [0.4, 0.5) is 20.5 Å². The first-order chi connectivity index (χ1) is 16.3. The first-order valence-electron chi connectivity index (χ1n) is 11.6. The molecule has 34 heavy (non-hydrogen) atoms. The smallest absolute Gasteiger partial charge is 0.302 e. The minimum absolute atomic E-state index is 0.0205. The van der Waals surface area contributed by atoms with Gasteiger partial charge in [-0.1, -0.05) is 11.6 Å². The highest BCUT2D eigenvalue weighted by atomic mass is 35.5. The van der Waals surface area contributed by atoms with Gasteiger partial charge in [0.25, 0.3) is 0 Å². The number of rotatable bonds is 5. The van der Waals surface area contributed by atoms with Gasteiger partial charge in [-0.2, -0.15) is 13.8 Å². The summed E-state index contributed by atoms with van der Waals surface area (Å²) in [5.41, 5.74) is -1.05. The molecule has 2 N–H and O–H groups in total. The van der Waals surface area contributed by atoms with E-state index in [0.29, 0.717) is 42.8 Å². The van der Waals surface area contributed by atoms with Gasteiger partial charge in [0.05, 0.1) is 33.7 Å². The van der Waals surface area contributed by atoms with E-state index in [1.165, 1.54) is 0 Å². The molecule has 0 aromatic carbocycles. The summed E-state index contributed by atoms with van der Waals surface area (Å²) >= 11 is 5.91. The van der Waals surface area contributed by atoms with Gasteiger partial charge in [-0.25, -0.2) is 15.0 Å². The molecule has 2 aromatic rings. The highest BCUT2D eigenvalue weighted by Crippen LogP contribution is 2.48. The van der Waals surface area contributed by atoms with E-state index in [9.17, 15) is 18.1 Å². The van der Waals surface area contributed by atoms with Crippen LogP contribution in [0, 0.1) is 11.8 Å². The van der Waals surface area contributed by atoms with Gasteiger partial charge in [0.2, 0.25) is 5.95 Å². The quantitative estimate of drug-likeness (QED) is 0.632. The molecule has 2 unspecified atom stereocenters. The highest BCUT2D eigenvalue weighted by molar-refractivity contribution is 7.85. The molecule has 6 rings (SSSR count). The van der Waals surface area contributed by atoms with Crippen LogP contribution in [0.1, 0.15) is 49.5 Å². The SMILES string of the molecule is O=[S@@]1CC(F)(F)c2nc(N3CC4CC(c5ncc(Cl)cn5)CC4C3)nc(NC3(CO)CCC3)c21. The molecule has 8 nitrogen and oxygen atoms in total. The molecule has 4 heterocycles. The maximum Gasteiger partial charge on any atom is 0.302 e. The Kier molecular flexibility index (Phi) is 5.31. The van der Waals surface area contributed by atoms with Crippen molar-refractivity contribution in [2.45, 2.75) is 54.4 Å². The van der Waals surface area contributed by atoms with E-state index < -0.39 is 33.7 Å². The van der Waals surface area contributed by atoms with Crippen LogP contribution in [0.5, 0.6) is 0 Å². The molecule has 1 saturated heterocycles. The van der Waals surface area contributed by atoms with Gasteiger partial charge >= 0.3 is 5.92 Å². The van der Waals surface area contributed by atoms with E-state index in [-0.39, 0.29) is 29.2 Å². The maximum atomic E-state index is 14.7. The second-order valence-corrected chi connectivity index (χ2v) is 11.8. The fourth-order valence-corrected chi connectivity index (χ4v) is 7.25. The summed E-state index contributed by atoms with van der Waals surface area (Å²) in [4.78, 5) is 19.5. The van der Waals surface area contributed by atoms with Crippen molar-refractivity contribution in [1.29, 1.82) is 0 Å². The zero-order valence-electron chi connectivity index (χ0n) is 18.4. The fraction of sp³-hybridized carbons (Fsp3) is 0.636. The van der Waals surface area contributed by atoms with Gasteiger partial charge in [0.15, 0.2) is 0 Å². The number of hydrogen-bond donors (Lipinski definition) is 2. The number of nitrogens with zero attached hydrogens (tertiary/aromatic N) is 5. The molecular weight excluding hydrogens is 486 g/mol.